The van der Waals surface area contributed by atoms with Crippen LogP contribution >= 0.6 is 0 Å². The number of nitrogens with zero attached hydrogens (tertiary/aromatic N) is 1. The Balaban J connectivity index is 4.29. The van der Waals surface area contributed by atoms with Crippen molar-refractivity contribution < 1.29 is 28.2 Å². The summed E-state index contributed by atoms with van der Waals surface area (Å²) in [5, 5.41) is 9.66. The van der Waals surface area contributed by atoms with Gasteiger partial charge in [0.25, 0.3) is 0 Å². The van der Waals surface area contributed by atoms with Crippen molar-refractivity contribution in [1.29, 1.82) is 0 Å². The zero-order valence-corrected chi connectivity index (χ0v) is 39.7. The number of rotatable bonds is 46. The number of aliphatic hydroxyl groups is 1. The second-order valence-corrected chi connectivity index (χ2v) is 20.6. The second kappa shape index (κ2) is 42.6. The molecule has 0 aromatic heterocycles. The maximum absolute atomic E-state index is 12.9. The molecule has 336 valence electrons. The lowest BCUT2D eigenvalue weighted by atomic mass is 9.94. The van der Waals surface area contributed by atoms with Crippen LogP contribution in [-0.2, 0) is 23.1 Å². The first-order valence-electron chi connectivity index (χ1n) is 24.8. The van der Waals surface area contributed by atoms with E-state index in [1.807, 2.05) is 0 Å². The topological polar surface area (TPSA) is 77.5 Å². The molecule has 8 heteroatoms. The summed E-state index contributed by atoms with van der Waals surface area (Å²) in [4.78, 5) is 15.4. The third kappa shape index (κ3) is 37.7. The highest BCUT2D eigenvalue weighted by molar-refractivity contribution is 6.64. The summed E-state index contributed by atoms with van der Waals surface area (Å²) in [6.45, 7) is 18.5. The van der Waals surface area contributed by atoms with Gasteiger partial charge in [0.1, 0.15) is 6.29 Å². The van der Waals surface area contributed by atoms with Gasteiger partial charge in [-0.15, -0.1) is 0 Å². The van der Waals surface area contributed by atoms with Crippen molar-refractivity contribution in [2.24, 2.45) is 5.92 Å². The lowest BCUT2D eigenvalue weighted by molar-refractivity contribution is -0.149. The maximum Gasteiger partial charge on any atom is 0.333 e. The summed E-state index contributed by atoms with van der Waals surface area (Å²) in [6, 6.07) is 0. The molecule has 0 aromatic rings. The highest BCUT2D eigenvalue weighted by Crippen LogP contribution is 2.22. The highest BCUT2D eigenvalue weighted by Gasteiger charge is 2.29. The van der Waals surface area contributed by atoms with Crippen molar-refractivity contribution in [1.82, 2.24) is 4.90 Å². The summed E-state index contributed by atoms with van der Waals surface area (Å²) >= 11 is 0. The van der Waals surface area contributed by atoms with Crippen LogP contribution in [0, 0.1) is 5.92 Å². The molecule has 2 atom stereocenters. The quantitative estimate of drug-likeness (QED) is 0.0284. The molecule has 0 spiro atoms. The zero-order valence-electron chi connectivity index (χ0n) is 38.7. The number of esters is 1. The van der Waals surface area contributed by atoms with Crippen LogP contribution in [0.15, 0.2) is 0 Å². The summed E-state index contributed by atoms with van der Waals surface area (Å²) in [6.07, 6.45) is 38.1. The SMILES string of the molecule is CCCCCCCCOC(CCCCCCC)O[Si](C)(C)OCCCCCCN(CCO)CCCCCCOC(=O)C(CCCCCC)CCCCCCCC. The van der Waals surface area contributed by atoms with Crippen LogP contribution in [-0.4, -0.2) is 76.9 Å². The van der Waals surface area contributed by atoms with Gasteiger partial charge in [0, 0.05) is 19.8 Å². The van der Waals surface area contributed by atoms with Gasteiger partial charge in [-0.05, 0) is 84.0 Å². The fourth-order valence-corrected chi connectivity index (χ4v) is 9.10. The third-order valence-electron chi connectivity index (χ3n) is 11.3. The van der Waals surface area contributed by atoms with Gasteiger partial charge in [-0.3, -0.25) is 4.79 Å². The van der Waals surface area contributed by atoms with Gasteiger partial charge in [0.2, 0.25) is 0 Å². The van der Waals surface area contributed by atoms with Gasteiger partial charge in [-0.2, -0.15) is 0 Å². The Morgan fingerprint density at radius 2 is 0.911 bits per heavy atom. The zero-order chi connectivity index (χ0) is 41.2. The van der Waals surface area contributed by atoms with E-state index in [4.69, 9.17) is 18.3 Å². The normalized spacial score (nSPS) is 13.1. The van der Waals surface area contributed by atoms with E-state index >= 15 is 0 Å². The van der Waals surface area contributed by atoms with E-state index in [1.54, 1.807) is 0 Å². The third-order valence-corrected chi connectivity index (χ3v) is 13.0. The number of hydrogen-bond donors (Lipinski definition) is 1. The first-order chi connectivity index (χ1) is 27.3. The van der Waals surface area contributed by atoms with Crippen LogP contribution in [0.2, 0.25) is 13.1 Å². The van der Waals surface area contributed by atoms with Crippen molar-refractivity contribution in [3.8, 4) is 0 Å². The number of ether oxygens (including phenoxy) is 2. The number of aliphatic hydroxyl groups excluding tert-OH is 1. The first kappa shape index (κ1) is 55.5. The molecule has 0 aliphatic carbocycles. The van der Waals surface area contributed by atoms with Gasteiger partial charge in [-0.25, -0.2) is 0 Å². The van der Waals surface area contributed by atoms with Crippen molar-refractivity contribution >= 4 is 14.5 Å². The molecule has 0 rings (SSSR count). The second-order valence-electron chi connectivity index (χ2n) is 17.3. The molecule has 2 unspecified atom stereocenters. The van der Waals surface area contributed by atoms with Gasteiger partial charge in [0.15, 0.2) is 0 Å². The Morgan fingerprint density at radius 1 is 0.500 bits per heavy atom. The predicted octanol–water partition coefficient (Wildman–Crippen LogP) is 14.1. The molecule has 0 radical (unpaired) electrons. The fourth-order valence-electron chi connectivity index (χ4n) is 7.57. The average Bonchev–Trinajstić information content (AvgIpc) is 3.18. The lowest BCUT2D eigenvalue weighted by Crippen LogP contribution is -2.40. The Bertz CT molecular complexity index is 802. The fraction of sp³-hybridized carbons (Fsp3) is 0.979. The Morgan fingerprint density at radius 3 is 1.43 bits per heavy atom. The first-order valence-corrected chi connectivity index (χ1v) is 27.6. The molecule has 0 bridgehead atoms. The number of hydrogen-bond acceptors (Lipinski definition) is 7. The highest BCUT2D eigenvalue weighted by atomic mass is 28.4. The standard InChI is InChI=1S/C48H99NO6Si/c1-7-11-15-19-22-29-37-46(36-28-18-14-10-4)48(51)53-44-34-26-23-31-39-49(41-42-50)40-32-24-27-35-45-54-56(5,6)55-47(38-30-21-17-13-9-3)52-43-33-25-20-16-12-8-2/h46-47,50H,7-45H2,1-6H3. The van der Waals surface area contributed by atoms with Crippen LogP contribution in [0.4, 0.5) is 0 Å². The van der Waals surface area contributed by atoms with Crippen LogP contribution < -0.4 is 0 Å². The molecule has 0 saturated heterocycles. The molecule has 0 heterocycles. The van der Waals surface area contributed by atoms with E-state index in [-0.39, 0.29) is 24.8 Å². The summed E-state index contributed by atoms with van der Waals surface area (Å²) in [5.74, 6) is 0.142. The smallest absolute Gasteiger partial charge is 0.333 e. The van der Waals surface area contributed by atoms with E-state index < -0.39 is 8.56 Å². The maximum atomic E-state index is 12.9. The Hall–Kier alpha value is -0.513. The average molecular weight is 814 g/mol. The van der Waals surface area contributed by atoms with Crippen LogP contribution in [0.1, 0.15) is 233 Å². The number of carbonyl (C=O) groups excluding carboxylic acids is 1. The van der Waals surface area contributed by atoms with Crippen molar-refractivity contribution in [2.45, 2.75) is 253 Å². The summed E-state index contributed by atoms with van der Waals surface area (Å²) < 4.78 is 25.0. The van der Waals surface area contributed by atoms with Crippen molar-refractivity contribution in [3.63, 3.8) is 0 Å². The minimum Gasteiger partial charge on any atom is -0.465 e. The molecule has 0 aromatic carbocycles. The molecular formula is C48H99NO6Si. The van der Waals surface area contributed by atoms with Gasteiger partial charge in [-0.1, -0.05) is 175 Å². The number of carbonyl (C=O) groups is 1. The van der Waals surface area contributed by atoms with E-state index in [0.29, 0.717) is 6.61 Å². The molecule has 0 aliphatic rings. The molecular weight excluding hydrogens is 715 g/mol. The van der Waals surface area contributed by atoms with Gasteiger partial charge >= 0.3 is 14.5 Å². The lowest BCUT2D eigenvalue weighted by Gasteiger charge is -2.29. The number of unbranched alkanes of at least 4 members (excludes halogenated alkanes) is 23. The molecule has 0 aliphatic heterocycles. The minimum atomic E-state index is -2.27. The monoisotopic (exact) mass is 814 g/mol. The van der Waals surface area contributed by atoms with E-state index in [9.17, 15) is 9.90 Å². The molecule has 56 heavy (non-hydrogen) atoms. The minimum absolute atomic E-state index is 0.0516. The van der Waals surface area contributed by atoms with E-state index in [0.717, 1.165) is 123 Å². The van der Waals surface area contributed by atoms with Crippen LogP contribution in [0.25, 0.3) is 0 Å². The van der Waals surface area contributed by atoms with Crippen LogP contribution in [0.5, 0.6) is 0 Å². The summed E-state index contributed by atoms with van der Waals surface area (Å²) in [7, 11) is -2.27. The largest absolute Gasteiger partial charge is 0.465 e. The van der Waals surface area contributed by atoms with Gasteiger partial charge < -0.3 is 28.3 Å². The van der Waals surface area contributed by atoms with Gasteiger partial charge in [0.05, 0.1) is 19.1 Å². The Kier molecular flexibility index (Phi) is 42.2. The summed E-state index contributed by atoms with van der Waals surface area (Å²) in [5.41, 5.74) is 0. The van der Waals surface area contributed by atoms with Crippen molar-refractivity contribution in [3.05, 3.63) is 0 Å². The molecule has 0 saturated carbocycles. The molecule has 0 fully saturated rings. The Labute approximate surface area is 351 Å². The van der Waals surface area contributed by atoms with Crippen molar-refractivity contribution in [2.75, 3.05) is 46.1 Å². The van der Waals surface area contributed by atoms with E-state index in [2.05, 4.69) is 45.7 Å². The molecule has 1 N–H and O–H groups in total. The van der Waals surface area contributed by atoms with Crippen LogP contribution in [0.3, 0.4) is 0 Å². The molecule has 7 nitrogen and oxygen atoms in total. The molecule has 0 amide bonds. The van der Waals surface area contributed by atoms with E-state index in [1.165, 1.54) is 116 Å². The predicted molar refractivity (Wildman–Crippen MR) is 243 cm³/mol.